The second-order valence-electron chi connectivity index (χ2n) is 5.28. The molecule has 3 amide bonds. The van der Waals surface area contributed by atoms with E-state index in [2.05, 4.69) is 5.32 Å². The van der Waals surface area contributed by atoms with E-state index in [4.69, 9.17) is 4.74 Å². The largest absolute Gasteiger partial charge is 0.416 e. The smallest absolute Gasteiger partial charge is 0.382 e. The Balaban J connectivity index is 2.21. The van der Waals surface area contributed by atoms with E-state index in [0.717, 1.165) is 17.0 Å². The molecule has 0 bridgehead atoms. The van der Waals surface area contributed by atoms with Gasteiger partial charge in [-0.25, -0.2) is 4.79 Å². The summed E-state index contributed by atoms with van der Waals surface area (Å²) in [6, 6.07) is 3.88. The number of nitrogens with one attached hydrogen (secondary N) is 1. The van der Waals surface area contributed by atoms with Gasteiger partial charge in [-0.15, -0.1) is 0 Å². The Bertz CT molecular complexity index is 603. The first-order chi connectivity index (χ1) is 10.2. The third-order valence-electron chi connectivity index (χ3n) is 3.37. The number of amides is 3. The van der Waals surface area contributed by atoms with Crippen LogP contribution in [0.4, 0.5) is 18.0 Å². The Labute approximate surface area is 125 Å². The van der Waals surface area contributed by atoms with E-state index in [1.54, 1.807) is 0 Å². The standard InChI is InChI=1S/C14H15F3N2O3/c1-13(8-22-2)11(20)19(12(21)18-13)7-9-4-3-5-10(6-9)14(15,16)17/h3-6H,7-8H2,1-2H3,(H,18,21)/t13-/m0/s1. The number of hydrogen-bond donors (Lipinski definition) is 1. The third-order valence-corrected chi connectivity index (χ3v) is 3.37. The molecule has 0 radical (unpaired) electrons. The Morgan fingerprint density at radius 3 is 2.59 bits per heavy atom. The summed E-state index contributed by atoms with van der Waals surface area (Å²) in [5.41, 5.74) is -1.80. The molecule has 1 aliphatic rings. The Morgan fingerprint density at radius 1 is 1.32 bits per heavy atom. The van der Waals surface area contributed by atoms with E-state index >= 15 is 0 Å². The minimum absolute atomic E-state index is 0.0172. The number of methoxy groups -OCH3 is 1. The van der Waals surface area contributed by atoms with Crippen LogP contribution in [0.5, 0.6) is 0 Å². The molecule has 1 aromatic carbocycles. The molecule has 8 heteroatoms. The fraction of sp³-hybridized carbons (Fsp3) is 0.429. The van der Waals surface area contributed by atoms with Crippen molar-refractivity contribution in [1.82, 2.24) is 10.2 Å². The van der Waals surface area contributed by atoms with Gasteiger partial charge in [0.25, 0.3) is 5.91 Å². The first-order valence-corrected chi connectivity index (χ1v) is 6.46. The zero-order valence-electron chi connectivity index (χ0n) is 12.0. The summed E-state index contributed by atoms with van der Waals surface area (Å²) in [6.45, 7) is 1.26. The molecule has 1 fully saturated rings. The van der Waals surface area contributed by atoms with Crippen molar-refractivity contribution >= 4 is 11.9 Å². The zero-order chi connectivity index (χ0) is 16.5. The summed E-state index contributed by atoms with van der Waals surface area (Å²) in [5, 5.41) is 2.49. The average molecular weight is 316 g/mol. The predicted octanol–water partition coefficient (Wildman–Crippen LogP) is 2.16. The zero-order valence-corrected chi connectivity index (χ0v) is 12.0. The van der Waals surface area contributed by atoms with Crippen molar-refractivity contribution in [2.75, 3.05) is 13.7 Å². The average Bonchev–Trinajstić information content (AvgIpc) is 2.62. The summed E-state index contributed by atoms with van der Waals surface area (Å²) < 4.78 is 42.9. The molecule has 1 N–H and O–H groups in total. The van der Waals surface area contributed by atoms with Gasteiger partial charge in [0.05, 0.1) is 18.7 Å². The molecule has 120 valence electrons. The van der Waals surface area contributed by atoms with Gasteiger partial charge in [0.2, 0.25) is 0 Å². The molecule has 0 saturated carbocycles. The maximum atomic E-state index is 12.7. The highest BCUT2D eigenvalue weighted by Gasteiger charge is 2.47. The van der Waals surface area contributed by atoms with Gasteiger partial charge in [0, 0.05) is 7.11 Å². The van der Waals surface area contributed by atoms with Crippen LogP contribution in [0.1, 0.15) is 18.1 Å². The lowest BCUT2D eigenvalue weighted by Crippen LogP contribution is -2.47. The summed E-state index contributed by atoms with van der Waals surface area (Å²) in [5.74, 6) is -0.531. The SMILES string of the molecule is COC[C@]1(C)NC(=O)N(Cc2cccc(C(F)(F)F)c2)C1=O. The van der Waals surface area contributed by atoms with Gasteiger partial charge in [-0.2, -0.15) is 13.2 Å². The van der Waals surface area contributed by atoms with Crippen molar-refractivity contribution in [3.05, 3.63) is 35.4 Å². The van der Waals surface area contributed by atoms with E-state index in [9.17, 15) is 22.8 Å². The quantitative estimate of drug-likeness (QED) is 0.866. The summed E-state index contributed by atoms with van der Waals surface area (Å²) in [6.07, 6.45) is -4.47. The Kier molecular flexibility index (Phi) is 4.15. The van der Waals surface area contributed by atoms with E-state index in [-0.39, 0.29) is 18.7 Å². The fourth-order valence-corrected chi connectivity index (χ4v) is 2.31. The molecule has 0 aliphatic carbocycles. The molecule has 5 nitrogen and oxygen atoms in total. The first-order valence-electron chi connectivity index (χ1n) is 6.46. The van der Waals surface area contributed by atoms with Crippen molar-refractivity contribution in [3.63, 3.8) is 0 Å². The lowest BCUT2D eigenvalue weighted by molar-refractivity contribution is -0.137. The molecule has 1 heterocycles. The van der Waals surface area contributed by atoms with Crippen molar-refractivity contribution in [1.29, 1.82) is 0 Å². The lowest BCUT2D eigenvalue weighted by atomic mass is 10.0. The highest BCUT2D eigenvalue weighted by molar-refractivity contribution is 6.06. The Hall–Kier alpha value is -2.09. The van der Waals surface area contributed by atoms with E-state index in [1.165, 1.54) is 26.2 Å². The van der Waals surface area contributed by atoms with Crippen LogP contribution in [0.25, 0.3) is 0 Å². The van der Waals surface area contributed by atoms with Gasteiger partial charge in [-0.05, 0) is 24.6 Å². The number of halogens is 3. The monoisotopic (exact) mass is 316 g/mol. The van der Waals surface area contributed by atoms with E-state index < -0.39 is 29.2 Å². The highest BCUT2D eigenvalue weighted by Crippen LogP contribution is 2.30. The molecule has 0 spiro atoms. The topological polar surface area (TPSA) is 58.6 Å². The predicted molar refractivity (Wildman–Crippen MR) is 70.8 cm³/mol. The molecule has 22 heavy (non-hydrogen) atoms. The molecular formula is C14H15F3N2O3. The van der Waals surface area contributed by atoms with E-state index in [1.807, 2.05) is 0 Å². The lowest BCUT2D eigenvalue weighted by Gasteiger charge is -2.20. The maximum absolute atomic E-state index is 12.7. The number of imide groups is 1. The second kappa shape index (κ2) is 5.60. The van der Waals surface area contributed by atoms with Crippen LogP contribution < -0.4 is 5.32 Å². The first kappa shape index (κ1) is 16.3. The van der Waals surface area contributed by atoms with Crippen LogP contribution in [0, 0.1) is 0 Å². The van der Waals surface area contributed by atoms with Crippen LogP contribution in [0.15, 0.2) is 24.3 Å². The van der Waals surface area contributed by atoms with Crippen LogP contribution >= 0.6 is 0 Å². The van der Waals surface area contributed by atoms with Gasteiger partial charge < -0.3 is 10.1 Å². The molecular weight excluding hydrogens is 301 g/mol. The van der Waals surface area contributed by atoms with Crippen molar-refractivity contribution < 1.29 is 27.5 Å². The normalized spacial score (nSPS) is 22.1. The van der Waals surface area contributed by atoms with Crippen LogP contribution in [-0.4, -0.2) is 36.1 Å². The Morgan fingerprint density at radius 2 is 2.00 bits per heavy atom. The molecule has 1 saturated heterocycles. The molecule has 1 aliphatic heterocycles. The van der Waals surface area contributed by atoms with Crippen LogP contribution in [-0.2, 0) is 22.3 Å². The second-order valence-corrected chi connectivity index (χ2v) is 5.28. The van der Waals surface area contributed by atoms with Gasteiger partial charge in [-0.3, -0.25) is 9.69 Å². The van der Waals surface area contributed by atoms with Gasteiger partial charge >= 0.3 is 12.2 Å². The summed E-state index contributed by atoms with van der Waals surface area (Å²) >= 11 is 0. The molecule has 0 unspecified atom stereocenters. The number of rotatable bonds is 4. The van der Waals surface area contributed by atoms with Crippen LogP contribution in [0.3, 0.4) is 0 Å². The van der Waals surface area contributed by atoms with Gasteiger partial charge in [-0.1, -0.05) is 12.1 Å². The number of benzene rings is 1. The van der Waals surface area contributed by atoms with Gasteiger partial charge in [0.15, 0.2) is 0 Å². The third kappa shape index (κ3) is 3.06. The molecule has 2 rings (SSSR count). The van der Waals surface area contributed by atoms with E-state index in [0.29, 0.717) is 0 Å². The number of nitrogens with zero attached hydrogens (tertiary/aromatic N) is 1. The summed E-state index contributed by atoms with van der Waals surface area (Å²) in [7, 11) is 1.39. The van der Waals surface area contributed by atoms with Crippen molar-refractivity contribution in [3.8, 4) is 0 Å². The number of carbonyl (C=O) groups is 2. The van der Waals surface area contributed by atoms with Gasteiger partial charge in [0.1, 0.15) is 5.54 Å². The number of ether oxygens (including phenoxy) is 1. The number of urea groups is 1. The number of alkyl halides is 3. The minimum Gasteiger partial charge on any atom is -0.382 e. The fourth-order valence-electron chi connectivity index (χ4n) is 2.31. The molecule has 1 aromatic rings. The number of carbonyl (C=O) groups excluding carboxylic acids is 2. The summed E-state index contributed by atoms with van der Waals surface area (Å²) in [4.78, 5) is 25.0. The number of hydrogen-bond acceptors (Lipinski definition) is 3. The van der Waals surface area contributed by atoms with Crippen LogP contribution in [0.2, 0.25) is 0 Å². The van der Waals surface area contributed by atoms with Crippen molar-refractivity contribution in [2.24, 2.45) is 0 Å². The maximum Gasteiger partial charge on any atom is 0.416 e. The molecule has 0 aromatic heterocycles. The highest BCUT2D eigenvalue weighted by atomic mass is 19.4. The van der Waals surface area contributed by atoms with Crippen molar-refractivity contribution in [2.45, 2.75) is 25.2 Å². The minimum atomic E-state index is -4.47. The molecule has 1 atom stereocenters.